The third kappa shape index (κ3) is 3.16. The van der Waals surface area contributed by atoms with E-state index in [0.717, 1.165) is 5.01 Å². The van der Waals surface area contributed by atoms with Crippen molar-refractivity contribution in [3.05, 3.63) is 42.0 Å². The lowest BCUT2D eigenvalue weighted by Crippen LogP contribution is -2.43. The number of rotatable bonds is 3. The molecule has 4 nitrogen and oxygen atoms in total. The first-order chi connectivity index (χ1) is 11.6. The van der Waals surface area contributed by atoms with Crippen LogP contribution in [-0.4, -0.2) is 30.7 Å². The molecular formula is C18H19F3N2O2. The fourth-order valence-corrected chi connectivity index (χ4v) is 3.15. The molecule has 134 valence electrons. The smallest absolute Gasteiger partial charge is 0.409 e. The average Bonchev–Trinajstić information content (AvgIpc) is 2.78. The van der Waals surface area contributed by atoms with Crippen molar-refractivity contribution < 1.29 is 22.7 Å². The Kier molecular flexibility index (Phi) is 4.15. The highest BCUT2D eigenvalue weighted by atomic mass is 19.4. The quantitative estimate of drug-likeness (QED) is 0.913. The molecule has 7 heteroatoms. The van der Waals surface area contributed by atoms with Crippen LogP contribution in [0.5, 0.6) is 5.75 Å². The van der Waals surface area contributed by atoms with Crippen LogP contribution in [0.4, 0.5) is 13.2 Å². The molecule has 1 saturated heterocycles. The molecular weight excluding hydrogens is 333 g/mol. The van der Waals surface area contributed by atoms with Crippen LogP contribution in [0, 0.1) is 5.41 Å². The van der Waals surface area contributed by atoms with E-state index in [1.807, 2.05) is 0 Å². The number of nitrogens with zero attached hydrogens (tertiary/aromatic N) is 1. The van der Waals surface area contributed by atoms with Crippen LogP contribution in [-0.2, 0) is 4.79 Å². The Labute approximate surface area is 143 Å². The van der Waals surface area contributed by atoms with Gasteiger partial charge in [0.05, 0.1) is 12.5 Å². The van der Waals surface area contributed by atoms with Gasteiger partial charge in [0.25, 0.3) is 0 Å². The summed E-state index contributed by atoms with van der Waals surface area (Å²) in [6, 6.07) is 7.95. The molecule has 1 heterocycles. The lowest BCUT2D eigenvalue weighted by molar-refractivity contribution is -0.191. The Hall–Kier alpha value is -2.28. The first kappa shape index (κ1) is 17.5. The number of hydrogen-bond donors (Lipinski definition) is 1. The number of hydrogen-bond acceptors (Lipinski definition) is 3. The summed E-state index contributed by atoms with van der Waals surface area (Å²) in [6.45, 7) is 3.21. The predicted octanol–water partition coefficient (Wildman–Crippen LogP) is 3.82. The van der Waals surface area contributed by atoms with E-state index in [4.69, 9.17) is 4.74 Å². The van der Waals surface area contributed by atoms with Crippen molar-refractivity contribution >= 4 is 16.7 Å². The monoisotopic (exact) mass is 352 g/mol. The minimum absolute atomic E-state index is 0.0401. The van der Waals surface area contributed by atoms with E-state index in [1.54, 1.807) is 44.2 Å². The molecule has 0 unspecified atom stereocenters. The van der Waals surface area contributed by atoms with Gasteiger partial charge in [0.15, 0.2) is 6.04 Å². The minimum atomic E-state index is -4.57. The molecule has 1 aliphatic rings. The molecule has 1 aliphatic heterocycles. The summed E-state index contributed by atoms with van der Waals surface area (Å²) in [5.41, 5.74) is 1.55. The Bertz CT molecular complexity index is 818. The first-order valence-electron chi connectivity index (χ1n) is 7.84. The topological polar surface area (TPSA) is 41.6 Å². The first-order valence-corrected chi connectivity index (χ1v) is 7.84. The molecule has 2 aromatic rings. The van der Waals surface area contributed by atoms with Gasteiger partial charge in [-0.05, 0) is 42.3 Å². The lowest BCUT2D eigenvalue weighted by atomic mass is 9.93. The van der Waals surface area contributed by atoms with Crippen LogP contribution >= 0.6 is 0 Å². The highest BCUT2D eigenvalue weighted by Crippen LogP contribution is 2.43. The third-order valence-corrected chi connectivity index (χ3v) is 4.44. The lowest BCUT2D eigenvalue weighted by Gasteiger charge is -2.31. The Morgan fingerprint density at radius 2 is 1.92 bits per heavy atom. The molecule has 1 N–H and O–H groups in total. The summed E-state index contributed by atoms with van der Waals surface area (Å²) < 4.78 is 47.1. The SMILES string of the molecule is COc1cc([C@H](N2CC(C)(C)C(=O)N2)C(F)(F)F)c2ccccc2c1. The molecule has 2 aromatic carbocycles. The van der Waals surface area contributed by atoms with Gasteiger partial charge in [-0.25, -0.2) is 5.01 Å². The number of benzene rings is 2. The zero-order valence-electron chi connectivity index (χ0n) is 14.1. The number of methoxy groups -OCH3 is 1. The summed E-state index contributed by atoms with van der Waals surface area (Å²) in [6.07, 6.45) is -4.57. The summed E-state index contributed by atoms with van der Waals surface area (Å²) in [4.78, 5) is 12.0. The second kappa shape index (κ2) is 5.91. The van der Waals surface area contributed by atoms with Crippen LogP contribution in [0.2, 0.25) is 0 Å². The summed E-state index contributed by atoms with van der Waals surface area (Å²) in [7, 11) is 1.41. The average molecular weight is 352 g/mol. The zero-order valence-corrected chi connectivity index (χ0v) is 14.1. The van der Waals surface area contributed by atoms with Crippen molar-refractivity contribution in [2.24, 2.45) is 5.41 Å². The molecule has 1 amide bonds. The molecule has 0 bridgehead atoms. The largest absolute Gasteiger partial charge is 0.497 e. The van der Waals surface area contributed by atoms with Crippen molar-refractivity contribution in [2.75, 3.05) is 13.7 Å². The summed E-state index contributed by atoms with van der Waals surface area (Å²) in [5, 5.41) is 2.10. The number of fused-ring (bicyclic) bond motifs is 1. The highest BCUT2D eigenvalue weighted by molar-refractivity contribution is 5.88. The van der Waals surface area contributed by atoms with E-state index >= 15 is 0 Å². The van der Waals surface area contributed by atoms with E-state index in [0.29, 0.717) is 16.5 Å². The van der Waals surface area contributed by atoms with Gasteiger partial charge in [0, 0.05) is 6.54 Å². The zero-order chi connectivity index (χ0) is 18.4. The fourth-order valence-electron chi connectivity index (χ4n) is 3.15. The fraction of sp³-hybridized carbons (Fsp3) is 0.389. The van der Waals surface area contributed by atoms with Gasteiger partial charge >= 0.3 is 6.18 Å². The summed E-state index contributed by atoms with van der Waals surface area (Å²) >= 11 is 0. The van der Waals surface area contributed by atoms with Crippen molar-refractivity contribution in [3.8, 4) is 5.75 Å². The van der Waals surface area contributed by atoms with Crippen LogP contribution in [0.15, 0.2) is 36.4 Å². The second-order valence-electron chi connectivity index (χ2n) is 6.83. The number of carbonyl (C=O) groups is 1. The van der Waals surface area contributed by atoms with E-state index in [-0.39, 0.29) is 12.1 Å². The summed E-state index contributed by atoms with van der Waals surface area (Å²) in [5.74, 6) is -0.0818. The van der Waals surface area contributed by atoms with E-state index in [9.17, 15) is 18.0 Å². The van der Waals surface area contributed by atoms with Crippen molar-refractivity contribution in [1.82, 2.24) is 10.4 Å². The van der Waals surface area contributed by atoms with E-state index in [1.165, 1.54) is 13.2 Å². The number of alkyl halides is 3. The van der Waals surface area contributed by atoms with E-state index in [2.05, 4.69) is 5.43 Å². The minimum Gasteiger partial charge on any atom is -0.497 e. The maximum atomic E-state index is 14.0. The van der Waals surface area contributed by atoms with Crippen LogP contribution in [0.25, 0.3) is 10.8 Å². The molecule has 3 rings (SSSR count). The number of amides is 1. The highest BCUT2D eigenvalue weighted by Gasteiger charge is 2.51. The third-order valence-electron chi connectivity index (χ3n) is 4.44. The number of carbonyl (C=O) groups excluding carboxylic acids is 1. The van der Waals surface area contributed by atoms with Crippen LogP contribution in [0.1, 0.15) is 25.5 Å². The molecule has 0 aromatic heterocycles. The number of nitrogens with one attached hydrogen (secondary N) is 1. The Balaban J connectivity index is 2.18. The molecule has 0 spiro atoms. The molecule has 1 atom stereocenters. The second-order valence-corrected chi connectivity index (χ2v) is 6.83. The molecule has 0 aliphatic carbocycles. The van der Waals surface area contributed by atoms with Crippen LogP contribution < -0.4 is 10.2 Å². The number of halogens is 3. The van der Waals surface area contributed by atoms with Gasteiger partial charge in [-0.15, -0.1) is 0 Å². The van der Waals surface area contributed by atoms with E-state index < -0.39 is 23.5 Å². The van der Waals surface area contributed by atoms with Gasteiger partial charge < -0.3 is 4.74 Å². The van der Waals surface area contributed by atoms with Gasteiger partial charge in [0.1, 0.15) is 5.75 Å². The van der Waals surface area contributed by atoms with Crippen molar-refractivity contribution in [2.45, 2.75) is 26.1 Å². The molecule has 1 fully saturated rings. The maximum absolute atomic E-state index is 14.0. The van der Waals surface area contributed by atoms with Gasteiger partial charge in [-0.2, -0.15) is 13.2 Å². The van der Waals surface area contributed by atoms with Crippen molar-refractivity contribution in [3.63, 3.8) is 0 Å². The molecule has 0 saturated carbocycles. The van der Waals surface area contributed by atoms with Gasteiger partial charge in [0.2, 0.25) is 5.91 Å². The predicted molar refractivity (Wildman–Crippen MR) is 87.9 cm³/mol. The number of ether oxygens (including phenoxy) is 1. The normalized spacial score (nSPS) is 19.0. The number of hydrazine groups is 1. The van der Waals surface area contributed by atoms with Gasteiger partial charge in [-0.1, -0.05) is 24.3 Å². The Morgan fingerprint density at radius 3 is 2.48 bits per heavy atom. The van der Waals surface area contributed by atoms with Crippen LogP contribution in [0.3, 0.4) is 0 Å². The standard InChI is InChI=1S/C18H19F3N2O2/c1-17(2)10-23(22-16(17)24)15(18(19,20)21)14-9-12(25-3)8-11-6-4-5-7-13(11)14/h4-9,15H,10H2,1-3H3,(H,22,24)/t15-/m0/s1. The maximum Gasteiger partial charge on any atom is 0.409 e. The van der Waals surface area contributed by atoms with Crippen molar-refractivity contribution in [1.29, 1.82) is 0 Å². The van der Waals surface area contributed by atoms with Gasteiger partial charge in [-0.3, -0.25) is 10.2 Å². The molecule has 25 heavy (non-hydrogen) atoms. The Morgan fingerprint density at radius 1 is 1.24 bits per heavy atom. The molecule has 0 radical (unpaired) electrons.